The van der Waals surface area contributed by atoms with Crippen molar-refractivity contribution in [3.8, 4) is 0 Å². The Morgan fingerprint density at radius 1 is 0.864 bits per heavy atom. The third-order valence-corrected chi connectivity index (χ3v) is 4.98. The highest BCUT2D eigenvalue weighted by Gasteiger charge is 2.13. The Balaban J connectivity index is 1.92. The van der Waals surface area contributed by atoms with E-state index < -0.39 is 0 Å². The number of hydrogen-bond acceptors (Lipinski definition) is 1. The van der Waals surface area contributed by atoms with Crippen molar-refractivity contribution >= 4 is 21.7 Å². The van der Waals surface area contributed by atoms with Crippen LogP contribution in [0.1, 0.15) is 45.5 Å². The average molecular weight is 357 g/mol. The quantitative estimate of drug-likeness (QED) is 0.560. The lowest BCUT2D eigenvalue weighted by atomic mass is 9.91. The van der Waals surface area contributed by atoms with E-state index in [2.05, 4.69) is 58.4 Å². The van der Waals surface area contributed by atoms with Crippen molar-refractivity contribution in [1.82, 2.24) is 0 Å². The van der Waals surface area contributed by atoms with Gasteiger partial charge in [-0.25, -0.2) is 0 Å². The summed E-state index contributed by atoms with van der Waals surface area (Å²) < 4.78 is 0. The number of carbonyl (C=O) groups excluding carboxylic acids is 1. The van der Waals surface area contributed by atoms with Crippen molar-refractivity contribution in [1.29, 1.82) is 0 Å². The van der Waals surface area contributed by atoms with Gasteiger partial charge < -0.3 is 0 Å². The van der Waals surface area contributed by atoms with Crippen molar-refractivity contribution in [3.63, 3.8) is 0 Å². The number of carbonyl (C=O) groups is 1. The number of rotatable bonds is 4. The number of hydrogen-bond donors (Lipinski definition) is 0. The molecule has 22 heavy (non-hydrogen) atoms. The number of Topliss-reactive ketones (excluding diaryl/α,β-unsaturated/α-hetero) is 1. The van der Waals surface area contributed by atoms with Gasteiger partial charge in [-0.2, -0.15) is 0 Å². The second-order valence-electron chi connectivity index (χ2n) is 6.02. The summed E-state index contributed by atoms with van der Waals surface area (Å²) in [6.45, 7) is 0. The molecule has 0 heterocycles. The van der Waals surface area contributed by atoms with E-state index in [1.807, 2.05) is 0 Å². The number of halogens is 1. The molecule has 0 radical (unpaired) electrons. The van der Waals surface area contributed by atoms with Gasteiger partial charge in [-0.1, -0.05) is 52.3 Å². The number of ketones is 1. The lowest BCUT2D eigenvalue weighted by Gasteiger charge is -2.13. The van der Waals surface area contributed by atoms with Gasteiger partial charge in [0.05, 0.1) is 0 Å². The molecule has 0 spiro atoms. The van der Waals surface area contributed by atoms with Gasteiger partial charge in [0.2, 0.25) is 0 Å². The van der Waals surface area contributed by atoms with Crippen LogP contribution in [0.3, 0.4) is 0 Å². The van der Waals surface area contributed by atoms with E-state index in [-0.39, 0.29) is 0 Å². The molecule has 114 valence electrons. The van der Waals surface area contributed by atoms with Crippen molar-refractivity contribution in [2.75, 3.05) is 5.33 Å². The van der Waals surface area contributed by atoms with E-state index in [0.717, 1.165) is 43.0 Å². The van der Waals surface area contributed by atoms with Crippen LogP contribution in [0, 0.1) is 0 Å². The fourth-order valence-electron chi connectivity index (χ4n) is 3.06. The largest absolute Gasteiger partial charge is 0.294 e. The number of alkyl halides is 1. The Kier molecular flexibility index (Phi) is 5.09. The molecular weight excluding hydrogens is 336 g/mol. The molecule has 0 fully saturated rings. The predicted molar refractivity (Wildman–Crippen MR) is 95.1 cm³/mol. The van der Waals surface area contributed by atoms with Crippen molar-refractivity contribution in [2.45, 2.75) is 38.5 Å². The van der Waals surface area contributed by atoms with Crippen LogP contribution in [0.5, 0.6) is 0 Å². The number of aryl methyl sites for hydroxylation is 4. The SMILES string of the molecule is O=C(CCCBr)c1cc2ccc1CCc1ccc(cc1)CC2. The average Bonchev–Trinajstić information content (AvgIpc) is 2.55. The molecule has 4 aliphatic carbocycles. The first-order valence-corrected chi connectivity index (χ1v) is 9.17. The molecule has 0 unspecified atom stereocenters. The maximum Gasteiger partial charge on any atom is 0.163 e. The Morgan fingerprint density at radius 2 is 1.45 bits per heavy atom. The van der Waals surface area contributed by atoms with Crippen LogP contribution in [0.25, 0.3) is 0 Å². The molecule has 0 saturated heterocycles. The molecule has 4 aliphatic rings. The molecule has 0 atom stereocenters. The molecule has 4 bridgehead atoms. The third-order valence-electron chi connectivity index (χ3n) is 4.42. The van der Waals surface area contributed by atoms with Gasteiger partial charge >= 0.3 is 0 Å². The topological polar surface area (TPSA) is 17.1 Å². The first kappa shape index (κ1) is 15.5. The van der Waals surface area contributed by atoms with Crippen LogP contribution in [0.2, 0.25) is 0 Å². The summed E-state index contributed by atoms with van der Waals surface area (Å²) >= 11 is 3.42. The minimum absolute atomic E-state index is 0.294. The van der Waals surface area contributed by atoms with E-state index in [1.54, 1.807) is 0 Å². The summed E-state index contributed by atoms with van der Waals surface area (Å²) in [5.74, 6) is 0.294. The smallest absolute Gasteiger partial charge is 0.163 e. The van der Waals surface area contributed by atoms with Crippen LogP contribution in [0.15, 0.2) is 42.5 Å². The summed E-state index contributed by atoms with van der Waals surface area (Å²) in [5.41, 5.74) is 6.16. The maximum absolute atomic E-state index is 12.5. The Bertz CT molecular complexity index is 658. The first-order valence-electron chi connectivity index (χ1n) is 8.05. The zero-order valence-corrected chi connectivity index (χ0v) is 14.4. The Labute approximate surface area is 140 Å². The minimum atomic E-state index is 0.294. The van der Waals surface area contributed by atoms with E-state index in [9.17, 15) is 4.79 Å². The van der Waals surface area contributed by atoms with Gasteiger partial charge in [0.15, 0.2) is 5.78 Å². The molecule has 0 N–H and O–H groups in total. The molecule has 2 heteroatoms. The molecule has 1 nitrogen and oxygen atoms in total. The van der Waals surface area contributed by atoms with E-state index >= 15 is 0 Å². The highest BCUT2D eigenvalue weighted by atomic mass is 79.9. The normalized spacial score (nSPS) is 13.7. The van der Waals surface area contributed by atoms with Crippen molar-refractivity contribution in [2.24, 2.45) is 0 Å². The standard InChI is InChI=1S/C20H21BrO/c21-13-1-2-20(22)19-14-17-8-7-15-3-5-16(6-4-15)9-11-18(19)12-10-17/h3-6,10,12,14H,1-2,7-9,11,13H2. The van der Waals surface area contributed by atoms with Crippen LogP contribution < -0.4 is 0 Å². The van der Waals surface area contributed by atoms with Gasteiger partial charge in [0.25, 0.3) is 0 Å². The van der Waals surface area contributed by atoms with Gasteiger partial charge in [-0.15, -0.1) is 0 Å². The van der Waals surface area contributed by atoms with E-state index in [1.165, 1.54) is 22.3 Å². The monoisotopic (exact) mass is 356 g/mol. The maximum atomic E-state index is 12.5. The molecule has 0 aliphatic heterocycles. The van der Waals surface area contributed by atoms with Gasteiger partial charge in [-0.05, 0) is 60.4 Å². The lowest BCUT2D eigenvalue weighted by molar-refractivity contribution is 0.0981. The summed E-state index contributed by atoms with van der Waals surface area (Å²) in [4.78, 5) is 12.5. The Morgan fingerprint density at radius 3 is 2.14 bits per heavy atom. The van der Waals surface area contributed by atoms with Crippen molar-refractivity contribution in [3.05, 3.63) is 70.3 Å². The fraction of sp³-hybridized carbons (Fsp3) is 0.350. The molecular formula is C20H21BrO. The predicted octanol–water partition coefficient (Wildman–Crippen LogP) is 4.93. The summed E-state index contributed by atoms with van der Waals surface area (Å²) in [5, 5.41) is 0.888. The number of benzene rings is 2. The molecule has 0 amide bonds. The summed E-state index contributed by atoms with van der Waals surface area (Å²) in [6.07, 6.45) is 5.51. The third kappa shape index (κ3) is 3.67. The highest BCUT2D eigenvalue weighted by Crippen LogP contribution is 2.21. The molecule has 2 aromatic carbocycles. The summed E-state index contributed by atoms with van der Waals surface area (Å²) in [7, 11) is 0. The second-order valence-corrected chi connectivity index (χ2v) is 6.82. The zero-order chi connectivity index (χ0) is 15.4. The van der Waals surface area contributed by atoms with E-state index in [4.69, 9.17) is 0 Å². The molecule has 2 aromatic rings. The molecule has 0 saturated carbocycles. The zero-order valence-electron chi connectivity index (χ0n) is 12.8. The fourth-order valence-corrected chi connectivity index (χ4v) is 3.34. The van der Waals surface area contributed by atoms with Crippen LogP contribution in [-0.4, -0.2) is 11.1 Å². The van der Waals surface area contributed by atoms with Crippen LogP contribution >= 0.6 is 15.9 Å². The van der Waals surface area contributed by atoms with Crippen molar-refractivity contribution < 1.29 is 4.79 Å². The lowest BCUT2D eigenvalue weighted by Crippen LogP contribution is -2.08. The first-order chi connectivity index (χ1) is 10.8. The highest BCUT2D eigenvalue weighted by molar-refractivity contribution is 9.09. The minimum Gasteiger partial charge on any atom is -0.294 e. The van der Waals surface area contributed by atoms with E-state index in [0.29, 0.717) is 12.2 Å². The molecule has 0 aromatic heterocycles. The van der Waals surface area contributed by atoms with Gasteiger partial charge in [-0.3, -0.25) is 4.79 Å². The van der Waals surface area contributed by atoms with Gasteiger partial charge in [0.1, 0.15) is 0 Å². The van der Waals surface area contributed by atoms with Crippen LogP contribution in [-0.2, 0) is 25.7 Å². The van der Waals surface area contributed by atoms with Gasteiger partial charge in [0, 0.05) is 17.3 Å². The second kappa shape index (κ2) is 7.23. The molecule has 6 rings (SSSR count). The Hall–Kier alpha value is -1.41. The van der Waals surface area contributed by atoms with Crippen LogP contribution in [0.4, 0.5) is 0 Å². The summed E-state index contributed by atoms with van der Waals surface area (Å²) in [6, 6.07) is 15.5.